The molecule has 0 bridgehead atoms. The zero-order valence-electron chi connectivity index (χ0n) is 12.4. The molecule has 1 atom stereocenters. The molecule has 0 aliphatic carbocycles. The topological polar surface area (TPSA) is 61.8 Å². The Bertz CT molecular complexity index is 519. The van der Waals surface area contributed by atoms with E-state index in [1.54, 1.807) is 17.0 Å². The highest BCUT2D eigenvalue weighted by Gasteiger charge is 2.44. The third-order valence-electron chi connectivity index (χ3n) is 3.75. The number of carbonyl (C=O) groups excluding carboxylic acids is 1. The molecule has 1 saturated heterocycles. The van der Waals surface area contributed by atoms with Gasteiger partial charge in [-0.3, -0.25) is 4.90 Å². The van der Waals surface area contributed by atoms with Gasteiger partial charge in [-0.25, -0.2) is 13.6 Å². The molecular formula is C15H20F2N2O3. The summed E-state index contributed by atoms with van der Waals surface area (Å²) in [5.41, 5.74) is 0.512. The van der Waals surface area contributed by atoms with E-state index in [0.717, 1.165) is 0 Å². The van der Waals surface area contributed by atoms with Crippen LogP contribution in [0.15, 0.2) is 24.3 Å². The van der Waals surface area contributed by atoms with Crippen molar-refractivity contribution in [3.63, 3.8) is 0 Å². The van der Waals surface area contributed by atoms with E-state index in [9.17, 15) is 13.6 Å². The molecule has 5 nitrogen and oxygen atoms in total. The van der Waals surface area contributed by atoms with E-state index in [-0.39, 0.29) is 5.56 Å². The van der Waals surface area contributed by atoms with Crippen LogP contribution in [0.4, 0.5) is 8.78 Å². The van der Waals surface area contributed by atoms with Crippen LogP contribution in [0.5, 0.6) is 0 Å². The van der Waals surface area contributed by atoms with Gasteiger partial charge in [-0.15, -0.1) is 0 Å². The highest BCUT2D eigenvalue weighted by Crippen LogP contribution is 2.36. The van der Waals surface area contributed by atoms with Gasteiger partial charge >= 0.3 is 5.97 Å². The van der Waals surface area contributed by atoms with Crippen molar-refractivity contribution < 1.29 is 23.4 Å². The number of rotatable bonds is 5. The van der Waals surface area contributed by atoms with Gasteiger partial charge in [0, 0.05) is 26.2 Å². The van der Waals surface area contributed by atoms with Gasteiger partial charge in [0.25, 0.3) is 5.92 Å². The number of carbonyl (C=O) groups is 1. The SMILES string of the molecule is COC(=O)c1cccc([C@H](N2CCNCC2)C(F)(F)CO)c1. The van der Waals surface area contributed by atoms with Crippen LogP contribution in [0.1, 0.15) is 22.0 Å². The Labute approximate surface area is 127 Å². The van der Waals surface area contributed by atoms with Gasteiger partial charge in [-0.05, 0) is 17.7 Å². The number of aliphatic hydroxyl groups excluding tert-OH is 1. The first-order valence-electron chi connectivity index (χ1n) is 7.11. The average molecular weight is 314 g/mol. The fourth-order valence-corrected chi connectivity index (χ4v) is 2.70. The van der Waals surface area contributed by atoms with Crippen LogP contribution in [0.25, 0.3) is 0 Å². The zero-order chi connectivity index (χ0) is 16.2. The summed E-state index contributed by atoms with van der Waals surface area (Å²) in [4.78, 5) is 13.2. The fourth-order valence-electron chi connectivity index (χ4n) is 2.70. The summed E-state index contributed by atoms with van der Waals surface area (Å²) >= 11 is 0. The third-order valence-corrected chi connectivity index (χ3v) is 3.75. The molecule has 2 rings (SSSR count). The summed E-state index contributed by atoms with van der Waals surface area (Å²) in [5.74, 6) is -3.88. The maximum absolute atomic E-state index is 14.3. The number of benzene rings is 1. The summed E-state index contributed by atoms with van der Waals surface area (Å²) in [5, 5.41) is 12.2. The van der Waals surface area contributed by atoms with Crippen LogP contribution in [0.3, 0.4) is 0 Å². The van der Waals surface area contributed by atoms with Gasteiger partial charge in [-0.2, -0.15) is 0 Å². The van der Waals surface area contributed by atoms with Crippen molar-refractivity contribution in [2.24, 2.45) is 0 Å². The van der Waals surface area contributed by atoms with Gasteiger partial charge in [0.05, 0.1) is 12.7 Å². The van der Waals surface area contributed by atoms with E-state index in [1.165, 1.54) is 19.2 Å². The molecule has 7 heteroatoms. The van der Waals surface area contributed by atoms with Crippen LogP contribution < -0.4 is 5.32 Å². The van der Waals surface area contributed by atoms with E-state index >= 15 is 0 Å². The molecule has 122 valence electrons. The Kier molecular flexibility index (Phi) is 5.44. The number of nitrogens with zero attached hydrogens (tertiary/aromatic N) is 1. The second-order valence-corrected chi connectivity index (χ2v) is 5.22. The molecule has 1 aliphatic rings. The maximum atomic E-state index is 14.3. The van der Waals surface area contributed by atoms with Crippen molar-refractivity contribution in [3.05, 3.63) is 35.4 Å². The number of aliphatic hydroxyl groups is 1. The lowest BCUT2D eigenvalue weighted by atomic mass is 9.96. The van der Waals surface area contributed by atoms with Crippen molar-refractivity contribution >= 4 is 5.97 Å². The first kappa shape index (κ1) is 16.8. The van der Waals surface area contributed by atoms with E-state index in [4.69, 9.17) is 5.11 Å². The summed E-state index contributed by atoms with van der Waals surface area (Å²) in [6.07, 6.45) is 0. The van der Waals surface area contributed by atoms with E-state index in [1.807, 2.05) is 0 Å². The van der Waals surface area contributed by atoms with Gasteiger partial charge in [0.15, 0.2) is 0 Å². The molecule has 0 radical (unpaired) electrons. The summed E-state index contributed by atoms with van der Waals surface area (Å²) in [7, 11) is 1.24. The Morgan fingerprint density at radius 3 is 2.73 bits per heavy atom. The number of methoxy groups -OCH3 is 1. The Hall–Kier alpha value is -1.57. The molecule has 1 aromatic carbocycles. The van der Waals surface area contributed by atoms with E-state index in [2.05, 4.69) is 10.1 Å². The molecule has 0 amide bonds. The van der Waals surface area contributed by atoms with E-state index < -0.39 is 24.5 Å². The number of alkyl halides is 2. The van der Waals surface area contributed by atoms with Crippen molar-refractivity contribution in [2.45, 2.75) is 12.0 Å². The predicted molar refractivity (Wildman–Crippen MR) is 77.0 cm³/mol. The standard InChI is InChI=1S/C15H20F2N2O3/c1-22-14(21)12-4-2-3-11(9-12)13(15(16,17)10-20)19-7-5-18-6-8-19/h2-4,9,13,18,20H,5-8,10H2,1H3/t13-/m0/s1. The molecule has 0 spiro atoms. The Balaban J connectivity index is 2.38. The van der Waals surface area contributed by atoms with Crippen LogP contribution in [0.2, 0.25) is 0 Å². The number of nitrogens with one attached hydrogen (secondary N) is 1. The minimum atomic E-state index is -3.30. The Morgan fingerprint density at radius 1 is 1.45 bits per heavy atom. The molecule has 22 heavy (non-hydrogen) atoms. The quantitative estimate of drug-likeness (QED) is 0.796. The van der Waals surface area contributed by atoms with Crippen molar-refractivity contribution in [1.29, 1.82) is 0 Å². The maximum Gasteiger partial charge on any atom is 0.337 e. The molecule has 0 unspecified atom stereocenters. The number of esters is 1. The van der Waals surface area contributed by atoms with Gasteiger partial charge < -0.3 is 15.2 Å². The number of halogens is 2. The molecular weight excluding hydrogens is 294 g/mol. The molecule has 1 aliphatic heterocycles. The molecule has 0 aromatic heterocycles. The van der Waals surface area contributed by atoms with E-state index in [0.29, 0.717) is 31.7 Å². The third kappa shape index (κ3) is 3.60. The zero-order valence-corrected chi connectivity index (χ0v) is 12.4. The monoisotopic (exact) mass is 314 g/mol. The number of ether oxygens (including phenoxy) is 1. The lowest BCUT2D eigenvalue weighted by molar-refractivity contribution is -0.118. The second-order valence-electron chi connectivity index (χ2n) is 5.22. The largest absolute Gasteiger partial charge is 0.465 e. The summed E-state index contributed by atoms with van der Waals surface area (Å²) in [6.45, 7) is 0.860. The fraction of sp³-hybridized carbons (Fsp3) is 0.533. The first-order valence-corrected chi connectivity index (χ1v) is 7.11. The summed E-state index contributed by atoms with van der Waals surface area (Å²) < 4.78 is 33.2. The molecule has 2 N–H and O–H groups in total. The highest BCUT2D eigenvalue weighted by atomic mass is 19.3. The van der Waals surface area contributed by atoms with Crippen molar-refractivity contribution in [3.8, 4) is 0 Å². The smallest absolute Gasteiger partial charge is 0.337 e. The minimum Gasteiger partial charge on any atom is -0.465 e. The summed E-state index contributed by atoms with van der Waals surface area (Å²) in [6, 6.07) is 4.74. The molecule has 1 heterocycles. The van der Waals surface area contributed by atoms with Crippen molar-refractivity contribution in [2.75, 3.05) is 39.9 Å². The Morgan fingerprint density at radius 2 is 2.14 bits per heavy atom. The highest BCUT2D eigenvalue weighted by molar-refractivity contribution is 5.89. The van der Waals surface area contributed by atoms with Crippen LogP contribution in [-0.2, 0) is 4.74 Å². The second kappa shape index (κ2) is 7.13. The number of piperazine rings is 1. The molecule has 1 fully saturated rings. The molecule has 0 saturated carbocycles. The lowest BCUT2D eigenvalue weighted by Crippen LogP contribution is -2.51. The minimum absolute atomic E-state index is 0.217. The average Bonchev–Trinajstić information content (AvgIpc) is 2.55. The number of hydrogen-bond acceptors (Lipinski definition) is 5. The predicted octanol–water partition coefficient (Wildman–Crippen LogP) is 1.05. The van der Waals surface area contributed by atoms with Crippen LogP contribution >= 0.6 is 0 Å². The first-order chi connectivity index (χ1) is 10.5. The van der Waals surface area contributed by atoms with Crippen LogP contribution in [0, 0.1) is 0 Å². The van der Waals surface area contributed by atoms with Crippen LogP contribution in [-0.4, -0.2) is 61.8 Å². The van der Waals surface area contributed by atoms with Gasteiger partial charge in [0.2, 0.25) is 0 Å². The van der Waals surface area contributed by atoms with Gasteiger partial charge in [0.1, 0.15) is 12.6 Å². The normalized spacial score (nSPS) is 18.0. The van der Waals surface area contributed by atoms with Crippen molar-refractivity contribution in [1.82, 2.24) is 10.2 Å². The molecule has 1 aromatic rings. The lowest BCUT2D eigenvalue weighted by Gasteiger charge is -2.38. The van der Waals surface area contributed by atoms with Gasteiger partial charge in [-0.1, -0.05) is 12.1 Å². The number of hydrogen-bond donors (Lipinski definition) is 2.